The van der Waals surface area contributed by atoms with Gasteiger partial charge in [0.05, 0.1) is 10.9 Å². The number of hydrogen-bond donors (Lipinski definition) is 1. The van der Waals surface area contributed by atoms with Crippen LogP contribution in [0.15, 0.2) is 53.3 Å². The molecule has 5 nitrogen and oxygen atoms in total. The van der Waals surface area contributed by atoms with E-state index in [1.165, 1.54) is 4.68 Å². The van der Waals surface area contributed by atoms with E-state index in [1.54, 1.807) is 42.5 Å². The number of nitrogens with one attached hydrogen (secondary N) is 1. The van der Waals surface area contributed by atoms with Crippen molar-refractivity contribution in [3.05, 3.63) is 75.3 Å². The van der Waals surface area contributed by atoms with Crippen molar-refractivity contribution in [2.75, 3.05) is 5.43 Å². The Morgan fingerprint density at radius 3 is 2.62 bits per heavy atom. The van der Waals surface area contributed by atoms with E-state index in [1.807, 2.05) is 6.07 Å². The maximum atomic E-state index is 12.8. The van der Waals surface area contributed by atoms with Crippen molar-refractivity contribution < 1.29 is 4.79 Å². The lowest BCUT2D eigenvalue weighted by Gasteiger charge is -2.14. The SMILES string of the molecule is O=C(Nn1c(C2CC2)nc2cc(Cl)ccc2c1=O)c1ccccc1. The predicted molar refractivity (Wildman–Crippen MR) is 93.1 cm³/mol. The summed E-state index contributed by atoms with van der Waals surface area (Å²) < 4.78 is 1.28. The van der Waals surface area contributed by atoms with Crippen molar-refractivity contribution in [2.45, 2.75) is 18.8 Å². The van der Waals surface area contributed by atoms with Crippen molar-refractivity contribution in [3.63, 3.8) is 0 Å². The van der Waals surface area contributed by atoms with Gasteiger partial charge in [-0.3, -0.25) is 15.0 Å². The minimum Gasteiger partial charge on any atom is -0.267 e. The molecule has 0 bridgehead atoms. The first-order valence-corrected chi connectivity index (χ1v) is 8.10. The molecule has 2 aromatic carbocycles. The molecule has 0 saturated heterocycles. The molecule has 6 heteroatoms. The van der Waals surface area contributed by atoms with Gasteiger partial charge < -0.3 is 0 Å². The van der Waals surface area contributed by atoms with Gasteiger partial charge in [-0.25, -0.2) is 9.66 Å². The Kier molecular flexibility index (Phi) is 3.58. The van der Waals surface area contributed by atoms with Crippen LogP contribution in [0.2, 0.25) is 5.02 Å². The van der Waals surface area contributed by atoms with Gasteiger partial charge in [0.1, 0.15) is 5.82 Å². The van der Waals surface area contributed by atoms with Crippen LogP contribution >= 0.6 is 11.6 Å². The first kappa shape index (κ1) is 14.9. The maximum absolute atomic E-state index is 12.8. The second kappa shape index (κ2) is 5.76. The molecule has 3 aromatic rings. The van der Waals surface area contributed by atoms with Crippen LogP contribution in [-0.2, 0) is 0 Å². The minimum absolute atomic E-state index is 0.192. The Bertz CT molecular complexity index is 994. The third-order valence-electron chi connectivity index (χ3n) is 4.05. The number of rotatable bonds is 3. The average Bonchev–Trinajstić information content (AvgIpc) is 3.42. The number of hydrogen-bond acceptors (Lipinski definition) is 3. The average molecular weight is 340 g/mol. The van der Waals surface area contributed by atoms with Crippen molar-refractivity contribution in [3.8, 4) is 0 Å². The Balaban J connectivity index is 1.83. The number of nitrogens with zero attached hydrogens (tertiary/aromatic N) is 2. The molecule has 1 saturated carbocycles. The zero-order valence-corrected chi connectivity index (χ0v) is 13.5. The maximum Gasteiger partial charge on any atom is 0.280 e. The molecule has 24 heavy (non-hydrogen) atoms. The Morgan fingerprint density at radius 2 is 1.92 bits per heavy atom. The third kappa shape index (κ3) is 2.67. The van der Waals surface area contributed by atoms with Gasteiger partial charge in [-0.1, -0.05) is 29.8 Å². The lowest BCUT2D eigenvalue weighted by molar-refractivity contribution is 0.101. The molecule has 0 spiro atoms. The molecule has 1 N–H and O–H groups in total. The summed E-state index contributed by atoms with van der Waals surface area (Å²) in [4.78, 5) is 29.8. The smallest absolute Gasteiger partial charge is 0.267 e. The van der Waals surface area contributed by atoms with E-state index >= 15 is 0 Å². The van der Waals surface area contributed by atoms with Gasteiger partial charge in [0, 0.05) is 16.5 Å². The zero-order valence-electron chi connectivity index (χ0n) is 12.7. The van der Waals surface area contributed by atoms with Crippen LogP contribution < -0.4 is 11.0 Å². The van der Waals surface area contributed by atoms with Crippen molar-refractivity contribution >= 4 is 28.4 Å². The summed E-state index contributed by atoms with van der Waals surface area (Å²) in [5, 5.41) is 0.958. The Labute approximate surface area is 142 Å². The second-order valence-corrected chi connectivity index (χ2v) is 6.29. The molecular weight excluding hydrogens is 326 g/mol. The minimum atomic E-state index is -0.338. The third-order valence-corrected chi connectivity index (χ3v) is 4.28. The molecule has 4 rings (SSSR count). The highest BCUT2D eigenvalue weighted by Crippen LogP contribution is 2.38. The number of aromatic nitrogens is 2. The van der Waals surface area contributed by atoms with Gasteiger partial charge in [-0.2, -0.15) is 0 Å². The van der Waals surface area contributed by atoms with Crippen LogP contribution in [0.3, 0.4) is 0 Å². The largest absolute Gasteiger partial charge is 0.280 e. The monoisotopic (exact) mass is 339 g/mol. The van der Waals surface area contributed by atoms with Crippen LogP contribution in [0.5, 0.6) is 0 Å². The number of carbonyl (C=O) groups is 1. The fraction of sp³-hybridized carbons (Fsp3) is 0.167. The van der Waals surface area contributed by atoms with E-state index in [2.05, 4.69) is 10.4 Å². The highest BCUT2D eigenvalue weighted by atomic mass is 35.5. The molecule has 1 aliphatic carbocycles. The number of benzene rings is 2. The van der Waals surface area contributed by atoms with E-state index in [0.717, 1.165) is 12.8 Å². The first-order valence-electron chi connectivity index (χ1n) is 7.72. The molecule has 1 aliphatic rings. The second-order valence-electron chi connectivity index (χ2n) is 5.85. The van der Waals surface area contributed by atoms with Gasteiger partial charge in [0.2, 0.25) is 0 Å². The van der Waals surface area contributed by atoms with Crippen LogP contribution in [0.4, 0.5) is 0 Å². The van der Waals surface area contributed by atoms with E-state index in [4.69, 9.17) is 11.6 Å². The molecule has 1 aromatic heterocycles. The van der Waals surface area contributed by atoms with Crippen LogP contribution in [0, 0.1) is 0 Å². The van der Waals surface area contributed by atoms with E-state index in [9.17, 15) is 9.59 Å². The first-order chi connectivity index (χ1) is 11.6. The number of fused-ring (bicyclic) bond motifs is 1. The number of amides is 1. The summed E-state index contributed by atoms with van der Waals surface area (Å²) in [6, 6.07) is 13.7. The fourth-order valence-corrected chi connectivity index (χ4v) is 2.82. The van der Waals surface area contributed by atoms with Gasteiger partial charge in [-0.05, 0) is 43.2 Å². The molecule has 1 fully saturated rings. The van der Waals surface area contributed by atoms with E-state index < -0.39 is 0 Å². The molecule has 120 valence electrons. The molecule has 0 radical (unpaired) electrons. The van der Waals surface area contributed by atoms with E-state index in [-0.39, 0.29) is 17.4 Å². The molecule has 0 atom stereocenters. The summed E-state index contributed by atoms with van der Waals surface area (Å²) in [6.45, 7) is 0. The lowest BCUT2D eigenvalue weighted by atomic mass is 10.2. The summed E-state index contributed by atoms with van der Waals surface area (Å²) >= 11 is 6.00. The van der Waals surface area contributed by atoms with Crippen LogP contribution in [-0.4, -0.2) is 15.6 Å². The highest BCUT2D eigenvalue weighted by Gasteiger charge is 2.30. The summed E-state index contributed by atoms with van der Waals surface area (Å²) in [6.07, 6.45) is 1.92. The quantitative estimate of drug-likeness (QED) is 0.796. The summed E-state index contributed by atoms with van der Waals surface area (Å²) in [7, 11) is 0. The zero-order chi connectivity index (χ0) is 16.7. The van der Waals surface area contributed by atoms with Gasteiger partial charge in [0.15, 0.2) is 0 Å². The topological polar surface area (TPSA) is 64.0 Å². The van der Waals surface area contributed by atoms with Gasteiger partial charge in [-0.15, -0.1) is 0 Å². The van der Waals surface area contributed by atoms with E-state index in [0.29, 0.717) is 27.3 Å². The van der Waals surface area contributed by atoms with Crippen molar-refractivity contribution in [2.24, 2.45) is 0 Å². The summed E-state index contributed by atoms with van der Waals surface area (Å²) in [5.41, 5.74) is 3.45. The van der Waals surface area contributed by atoms with Gasteiger partial charge in [0.25, 0.3) is 11.5 Å². The molecular formula is C18H14ClN3O2. The standard InChI is InChI=1S/C18H14ClN3O2/c19-13-8-9-14-15(10-13)20-16(11-6-7-11)22(18(14)24)21-17(23)12-4-2-1-3-5-12/h1-5,8-11H,6-7H2,(H,21,23). The van der Waals surface area contributed by atoms with Crippen molar-refractivity contribution in [1.29, 1.82) is 0 Å². The molecule has 0 aliphatic heterocycles. The number of halogens is 1. The van der Waals surface area contributed by atoms with Crippen LogP contribution in [0.25, 0.3) is 10.9 Å². The number of carbonyl (C=O) groups excluding carboxylic acids is 1. The van der Waals surface area contributed by atoms with Crippen molar-refractivity contribution in [1.82, 2.24) is 9.66 Å². The van der Waals surface area contributed by atoms with Gasteiger partial charge >= 0.3 is 0 Å². The Morgan fingerprint density at radius 1 is 1.17 bits per heavy atom. The highest BCUT2D eigenvalue weighted by molar-refractivity contribution is 6.31. The molecule has 0 unspecified atom stereocenters. The molecule has 1 heterocycles. The molecule has 1 amide bonds. The Hall–Kier alpha value is -2.66. The predicted octanol–water partition coefficient (Wildman–Crippen LogP) is 3.31. The normalized spacial score (nSPS) is 13.9. The summed E-state index contributed by atoms with van der Waals surface area (Å²) in [5.74, 6) is 0.436. The lowest BCUT2D eigenvalue weighted by Crippen LogP contribution is -2.36. The van der Waals surface area contributed by atoms with Crippen LogP contribution in [0.1, 0.15) is 34.9 Å². The fourth-order valence-electron chi connectivity index (χ4n) is 2.66.